The zero-order valence-electron chi connectivity index (χ0n) is 12.5. The Hall–Kier alpha value is -1.27. The molecule has 0 spiro atoms. The molecule has 1 saturated heterocycles. The predicted molar refractivity (Wildman–Crippen MR) is 82.7 cm³/mol. The number of rotatable bonds is 2. The molecule has 5 nitrogen and oxygen atoms in total. The number of hydrogen-bond donors (Lipinski definition) is 2. The van der Waals surface area contributed by atoms with Crippen LogP contribution in [0.4, 0.5) is 5.69 Å². The topological polar surface area (TPSA) is 69.6 Å². The normalized spacial score (nSPS) is 24.3. The van der Waals surface area contributed by atoms with Crippen LogP contribution < -0.4 is 9.03 Å². The number of phenols is 1. The van der Waals surface area contributed by atoms with Gasteiger partial charge < -0.3 is 5.11 Å². The van der Waals surface area contributed by atoms with E-state index in [9.17, 15) is 13.5 Å². The lowest BCUT2D eigenvalue weighted by Crippen LogP contribution is -2.29. The number of nitrogens with one attached hydrogen (secondary N) is 1. The van der Waals surface area contributed by atoms with E-state index < -0.39 is 10.2 Å². The molecule has 0 saturated carbocycles. The van der Waals surface area contributed by atoms with Crippen LogP contribution in [-0.4, -0.2) is 26.6 Å². The summed E-state index contributed by atoms with van der Waals surface area (Å²) in [7, 11) is -3.50. The van der Waals surface area contributed by atoms with E-state index in [1.165, 1.54) is 9.87 Å². The van der Waals surface area contributed by atoms with Crippen LogP contribution in [0.15, 0.2) is 12.1 Å². The van der Waals surface area contributed by atoms with Crippen LogP contribution in [0.3, 0.4) is 0 Å². The number of benzene rings is 1. The van der Waals surface area contributed by atoms with Gasteiger partial charge in [0.2, 0.25) is 0 Å². The van der Waals surface area contributed by atoms with Crippen LogP contribution in [-0.2, 0) is 23.1 Å². The van der Waals surface area contributed by atoms with Gasteiger partial charge in [-0.1, -0.05) is 13.8 Å². The fourth-order valence-electron chi connectivity index (χ4n) is 3.30. The molecule has 3 rings (SSSR count). The molecule has 0 radical (unpaired) electrons. The highest BCUT2D eigenvalue weighted by molar-refractivity contribution is 7.91. The molecule has 0 aromatic heterocycles. The van der Waals surface area contributed by atoms with Crippen molar-refractivity contribution in [1.82, 2.24) is 4.72 Å². The van der Waals surface area contributed by atoms with Crippen LogP contribution in [0, 0.1) is 11.8 Å². The standard InChI is InChI=1S/C15H22N2O3S/c1-10(2)11-3-4-12-9-15(18)14(8-13(12)7-11)17-6-5-16-21(17,19)20/h8-11,16,18H,3-7H2,1-2H3. The van der Waals surface area contributed by atoms with Crippen LogP contribution in [0.5, 0.6) is 5.75 Å². The second-order valence-corrected chi connectivity index (χ2v) is 8.01. The van der Waals surface area contributed by atoms with Gasteiger partial charge in [0.1, 0.15) is 5.75 Å². The second-order valence-electron chi connectivity index (χ2n) is 6.33. The minimum absolute atomic E-state index is 0.0593. The van der Waals surface area contributed by atoms with Gasteiger partial charge >= 0.3 is 10.2 Å². The quantitative estimate of drug-likeness (QED) is 0.875. The number of aryl methyl sites for hydroxylation is 1. The van der Waals surface area contributed by atoms with E-state index in [2.05, 4.69) is 18.6 Å². The minimum atomic E-state index is -3.50. The second kappa shape index (κ2) is 5.18. The summed E-state index contributed by atoms with van der Waals surface area (Å²) in [4.78, 5) is 0. The van der Waals surface area contributed by atoms with Crippen LogP contribution in [0.1, 0.15) is 31.4 Å². The van der Waals surface area contributed by atoms with E-state index in [-0.39, 0.29) is 5.75 Å². The molecule has 1 unspecified atom stereocenters. The summed E-state index contributed by atoms with van der Waals surface area (Å²) in [6.07, 6.45) is 3.05. The first-order valence-corrected chi connectivity index (χ1v) is 8.94. The summed E-state index contributed by atoms with van der Waals surface area (Å²) >= 11 is 0. The van der Waals surface area contributed by atoms with Crippen LogP contribution in [0.25, 0.3) is 0 Å². The maximum atomic E-state index is 12.0. The van der Waals surface area contributed by atoms with Crippen molar-refractivity contribution < 1.29 is 13.5 Å². The molecule has 1 aromatic carbocycles. The largest absolute Gasteiger partial charge is 0.506 e. The highest BCUT2D eigenvalue weighted by Gasteiger charge is 2.31. The van der Waals surface area contributed by atoms with E-state index >= 15 is 0 Å². The van der Waals surface area contributed by atoms with Gasteiger partial charge in [-0.3, -0.25) is 4.31 Å². The molecule has 0 bridgehead atoms. The highest BCUT2D eigenvalue weighted by atomic mass is 32.2. The van der Waals surface area contributed by atoms with Gasteiger partial charge in [-0.25, -0.2) is 0 Å². The summed E-state index contributed by atoms with van der Waals surface area (Å²) in [6, 6.07) is 3.61. The van der Waals surface area contributed by atoms with Gasteiger partial charge in [0.05, 0.1) is 5.69 Å². The highest BCUT2D eigenvalue weighted by Crippen LogP contribution is 2.38. The molecule has 1 atom stereocenters. The summed E-state index contributed by atoms with van der Waals surface area (Å²) in [6.45, 7) is 5.20. The molecule has 0 amide bonds. The number of fused-ring (bicyclic) bond motifs is 1. The lowest BCUT2D eigenvalue weighted by atomic mass is 9.78. The van der Waals surface area contributed by atoms with Gasteiger partial charge in [0.15, 0.2) is 0 Å². The molecule has 21 heavy (non-hydrogen) atoms. The molecule has 6 heteroatoms. The first-order chi connectivity index (χ1) is 9.88. The molecular weight excluding hydrogens is 288 g/mol. The van der Waals surface area contributed by atoms with E-state index in [0.717, 1.165) is 24.8 Å². The van der Waals surface area contributed by atoms with Crippen molar-refractivity contribution in [2.24, 2.45) is 11.8 Å². The molecule has 116 valence electrons. The van der Waals surface area contributed by atoms with Crippen LogP contribution >= 0.6 is 0 Å². The molecular formula is C15H22N2O3S. The average Bonchev–Trinajstić information content (AvgIpc) is 2.76. The van der Waals surface area contributed by atoms with Crippen molar-refractivity contribution in [3.8, 4) is 5.75 Å². The molecule has 1 fully saturated rings. The zero-order valence-corrected chi connectivity index (χ0v) is 13.3. The third-order valence-corrected chi connectivity index (χ3v) is 6.19. The average molecular weight is 310 g/mol. The Morgan fingerprint density at radius 2 is 2.10 bits per heavy atom. The molecule has 1 heterocycles. The van der Waals surface area contributed by atoms with Crippen molar-refractivity contribution in [3.05, 3.63) is 23.3 Å². The maximum absolute atomic E-state index is 12.0. The van der Waals surface area contributed by atoms with E-state index in [4.69, 9.17) is 0 Å². The number of phenolic OH excluding ortho intramolecular Hbond substituents is 1. The van der Waals surface area contributed by atoms with E-state index in [1.807, 2.05) is 6.07 Å². The summed E-state index contributed by atoms with van der Waals surface area (Å²) in [5.41, 5.74) is 2.73. The summed E-state index contributed by atoms with van der Waals surface area (Å²) < 4.78 is 27.6. The number of nitrogens with zero attached hydrogens (tertiary/aromatic N) is 1. The molecule has 1 aromatic rings. The smallest absolute Gasteiger partial charge is 0.301 e. The Labute approximate surface area is 126 Å². The molecule has 2 N–H and O–H groups in total. The van der Waals surface area contributed by atoms with Crippen molar-refractivity contribution in [2.45, 2.75) is 33.1 Å². The van der Waals surface area contributed by atoms with Crippen molar-refractivity contribution in [1.29, 1.82) is 0 Å². The van der Waals surface area contributed by atoms with E-state index in [0.29, 0.717) is 30.6 Å². The Morgan fingerprint density at radius 3 is 2.71 bits per heavy atom. The van der Waals surface area contributed by atoms with Gasteiger partial charge in [0.25, 0.3) is 0 Å². The number of aromatic hydroxyl groups is 1. The zero-order chi connectivity index (χ0) is 15.2. The van der Waals surface area contributed by atoms with E-state index in [1.54, 1.807) is 6.07 Å². The maximum Gasteiger partial charge on any atom is 0.301 e. The molecule has 2 aliphatic rings. The third-order valence-electron chi connectivity index (χ3n) is 4.66. The monoisotopic (exact) mass is 310 g/mol. The Kier molecular flexibility index (Phi) is 3.61. The van der Waals surface area contributed by atoms with Gasteiger partial charge in [-0.05, 0) is 54.4 Å². The Bertz CT molecular complexity index is 655. The van der Waals surface area contributed by atoms with Crippen molar-refractivity contribution >= 4 is 15.9 Å². The van der Waals surface area contributed by atoms with Gasteiger partial charge in [0, 0.05) is 13.1 Å². The van der Waals surface area contributed by atoms with Crippen molar-refractivity contribution in [3.63, 3.8) is 0 Å². The van der Waals surface area contributed by atoms with Crippen LogP contribution in [0.2, 0.25) is 0 Å². The summed E-state index contributed by atoms with van der Waals surface area (Å²) in [5, 5.41) is 10.2. The Morgan fingerprint density at radius 1 is 1.33 bits per heavy atom. The predicted octanol–water partition coefficient (Wildman–Crippen LogP) is 1.81. The lowest BCUT2D eigenvalue weighted by Gasteiger charge is -2.29. The lowest BCUT2D eigenvalue weighted by molar-refractivity contribution is 0.342. The van der Waals surface area contributed by atoms with Gasteiger partial charge in [-0.15, -0.1) is 0 Å². The first-order valence-electron chi connectivity index (χ1n) is 7.50. The van der Waals surface area contributed by atoms with Crippen molar-refractivity contribution in [2.75, 3.05) is 17.4 Å². The molecule has 1 aliphatic heterocycles. The molecule has 1 aliphatic carbocycles. The number of anilines is 1. The summed E-state index contributed by atoms with van der Waals surface area (Å²) in [5.74, 6) is 1.31. The Balaban J connectivity index is 1.99. The van der Waals surface area contributed by atoms with Gasteiger partial charge in [-0.2, -0.15) is 13.1 Å². The third kappa shape index (κ3) is 2.62. The fourth-order valence-corrected chi connectivity index (χ4v) is 4.55. The fraction of sp³-hybridized carbons (Fsp3) is 0.600. The SMILES string of the molecule is CC(C)C1CCc2cc(O)c(N3CCNS3(=O)=O)cc2C1. The minimum Gasteiger partial charge on any atom is -0.506 e. The number of hydrogen-bond acceptors (Lipinski definition) is 3. The first kappa shape index (κ1) is 14.7.